The fourth-order valence-corrected chi connectivity index (χ4v) is 3.38. The molecule has 0 saturated heterocycles. The quantitative estimate of drug-likeness (QED) is 0.668. The summed E-state index contributed by atoms with van der Waals surface area (Å²) in [6, 6.07) is 8.78. The molecule has 0 fully saturated rings. The highest BCUT2D eigenvalue weighted by Crippen LogP contribution is 2.15. The van der Waals surface area contributed by atoms with Crippen LogP contribution in [0.5, 0.6) is 0 Å². The maximum Gasteiger partial charge on any atom is 0.321 e. The van der Waals surface area contributed by atoms with Crippen molar-refractivity contribution < 1.29 is 27.1 Å². The highest BCUT2D eigenvalue weighted by atomic mass is 32.2. The fraction of sp³-hybridized carbons (Fsp3) is 0.300. The first-order valence-corrected chi connectivity index (χ1v) is 10.3. The van der Waals surface area contributed by atoms with Gasteiger partial charge in [-0.3, -0.25) is 9.59 Å². The molecule has 1 atom stereocenters. The van der Waals surface area contributed by atoms with Crippen molar-refractivity contribution in [1.29, 1.82) is 0 Å². The molecule has 1 amide bonds. The summed E-state index contributed by atoms with van der Waals surface area (Å²) in [6.45, 7) is 5.92. The third-order valence-corrected chi connectivity index (χ3v) is 5.71. The van der Waals surface area contributed by atoms with Crippen molar-refractivity contribution in [1.82, 2.24) is 4.72 Å². The first kappa shape index (κ1) is 22.5. The number of halogens is 1. The number of carbonyl (C=O) groups excluding carboxylic acids is 2. The van der Waals surface area contributed by atoms with Crippen LogP contribution in [-0.4, -0.2) is 32.9 Å². The van der Waals surface area contributed by atoms with Gasteiger partial charge in [0, 0.05) is 5.69 Å². The molecule has 0 saturated carbocycles. The Morgan fingerprint density at radius 3 is 2.31 bits per heavy atom. The zero-order valence-electron chi connectivity index (χ0n) is 16.6. The summed E-state index contributed by atoms with van der Waals surface area (Å²) in [4.78, 5) is 24.0. The molecule has 29 heavy (non-hydrogen) atoms. The third-order valence-electron chi connectivity index (χ3n) is 4.31. The molecule has 2 rings (SSSR count). The van der Waals surface area contributed by atoms with Gasteiger partial charge in [0.1, 0.15) is 12.4 Å². The molecule has 0 aliphatic heterocycles. The lowest BCUT2D eigenvalue weighted by Gasteiger charge is -2.14. The summed E-state index contributed by atoms with van der Waals surface area (Å²) in [5.74, 6) is -2.07. The Hall–Kier alpha value is -2.78. The van der Waals surface area contributed by atoms with Crippen LogP contribution in [0.15, 0.2) is 41.3 Å². The van der Waals surface area contributed by atoms with E-state index in [1.165, 1.54) is 31.2 Å². The van der Waals surface area contributed by atoms with Gasteiger partial charge >= 0.3 is 5.97 Å². The molecule has 0 heterocycles. The number of hydrogen-bond donors (Lipinski definition) is 2. The lowest BCUT2D eigenvalue weighted by Crippen LogP contribution is -2.35. The minimum Gasteiger partial charge on any atom is -0.452 e. The van der Waals surface area contributed by atoms with Gasteiger partial charge in [-0.25, -0.2) is 12.8 Å². The van der Waals surface area contributed by atoms with Crippen molar-refractivity contribution >= 4 is 27.6 Å². The van der Waals surface area contributed by atoms with Gasteiger partial charge in [0.25, 0.3) is 5.91 Å². The second kappa shape index (κ2) is 9.15. The van der Waals surface area contributed by atoms with E-state index in [1.807, 2.05) is 6.92 Å². The lowest BCUT2D eigenvalue weighted by atomic mass is 10.1. The van der Waals surface area contributed by atoms with E-state index in [0.29, 0.717) is 5.56 Å². The molecule has 2 aromatic carbocycles. The van der Waals surface area contributed by atoms with E-state index < -0.39 is 40.4 Å². The summed E-state index contributed by atoms with van der Waals surface area (Å²) in [5, 5.41) is 2.43. The molecule has 0 unspecified atom stereocenters. The first-order chi connectivity index (χ1) is 13.5. The summed E-state index contributed by atoms with van der Waals surface area (Å²) in [5.41, 5.74) is 2.39. The standard InChI is InChI=1S/C20H23FN2O5S/c1-12-6-8-17(9-14(12)3)29(26,27)22-11-19(24)28-15(4)20(25)23-16-7-5-13(2)18(21)10-16/h5-10,15,22H,11H2,1-4H3,(H,23,25)/t15-/m0/s1. The van der Waals surface area contributed by atoms with Crippen molar-refractivity contribution in [2.24, 2.45) is 0 Å². The van der Waals surface area contributed by atoms with Crippen LogP contribution in [0.3, 0.4) is 0 Å². The molecule has 0 aliphatic carbocycles. The van der Waals surface area contributed by atoms with Gasteiger partial charge in [-0.05, 0) is 68.7 Å². The minimum absolute atomic E-state index is 0.0283. The third kappa shape index (κ3) is 6.10. The molecule has 7 nitrogen and oxygen atoms in total. The fourth-order valence-electron chi connectivity index (χ4n) is 2.33. The number of hydrogen-bond acceptors (Lipinski definition) is 5. The van der Waals surface area contributed by atoms with Crippen LogP contribution in [0.2, 0.25) is 0 Å². The molecule has 0 aliphatic rings. The van der Waals surface area contributed by atoms with E-state index >= 15 is 0 Å². The van der Waals surface area contributed by atoms with Gasteiger partial charge in [-0.1, -0.05) is 12.1 Å². The average molecular weight is 422 g/mol. The smallest absolute Gasteiger partial charge is 0.321 e. The van der Waals surface area contributed by atoms with Crippen LogP contribution in [0, 0.1) is 26.6 Å². The molecule has 0 radical (unpaired) electrons. The Labute approximate surface area is 169 Å². The van der Waals surface area contributed by atoms with E-state index in [9.17, 15) is 22.4 Å². The zero-order valence-corrected chi connectivity index (χ0v) is 17.4. The Morgan fingerprint density at radius 1 is 1.03 bits per heavy atom. The Balaban J connectivity index is 1.91. The van der Waals surface area contributed by atoms with Crippen molar-refractivity contribution in [2.45, 2.75) is 38.7 Å². The number of sulfonamides is 1. The summed E-state index contributed by atoms with van der Waals surface area (Å²) in [7, 11) is -3.90. The number of nitrogens with one attached hydrogen (secondary N) is 2. The number of ether oxygens (including phenoxy) is 1. The van der Waals surface area contributed by atoms with Gasteiger partial charge in [-0.2, -0.15) is 4.72 Å². The Bertz CT molecular complexity index is 1040. The maximum absolute atomic E-state index is 13.5. The van der Waals surface area contributed by atoms with Crippen LogP contribution < -0.4 is 10.0 Å². The van der Waals surface area contributed by atoms with Gasteiger partial charge in [0.05, 0.1) is 4.90 Å². The van der Waals surface area contributed by atoms with Gasteiger partial charge in [0.15, 0.2) is 6.10 Å². The van der Waals surface area contributed by atoms with Gasteiger partial charge in [-0.15, -0.1) is 0 Å². The van der Waals surface area contributed by atoms with Crippen LogP contribution >= 0.6 is 0 Å². The SMILES string of the molecule is Cc1ccc(S(=O)(=O)NCC(=O)O[C@@H](C)C(=O)Nc2ccc(C)c(F)c2)cc1C. The molecule has 2 aromatic rings. The van der Waals surface area contributed by atoms with Gasteiger partial charge < -0.3 is 10.1 Å². The Kier molecular flexibility index (Phi) is 7.10. The number of esters is 1. The number of benzene rings is 2. The first-order valence-electron chi connectivity index (χ1n) is 8.83. The van der Waals surface area contributed by atoms with Crippen molar-refractivity contribution in [3.8, 4) is 0 Å². The van der Waals surface area contributed by atoms with Crippen LogP contribution in [0.4, 0.5) is 10.1 Å². The molecule has 0 aromatic heterocycles. The number of carbonyl (C=O) groups is 2. The number of aryl methyl sites for hydroxylation is 3. The van der Waals surface area contributed by atoms with Crippen molar-refractivity contribution in [3.63, 3.8) is 0 Å². The molecule has 156 valence electrons. The molecule has 9 heteroatoms. The highest BCUT2D eigenvalue weighted by molar-refractivity contribution is 7.89. The normalized spacial score (nSPS) is 12.3. The van der Waals surface area contributed by atoms with E-state index in [1.54, 1.807) is 19.9 Å². The number of rotatable bonds is 7. The second-order valence-corrected chi connectivity index (χ2v) is 8.42. The van der Waals surface area contributed by atoms with Crippen LogP contribution in [0.1, 0.15) is 23.6 Å². The Morgan fingerprint density at radius 2 is 1.69 bits per heavy atom. The van der Waals surface area contributed by atoms with Gasteiger partial charge in [0.2, 0.25) is 10.0 Å². The summed E-state index contributed by atoms with van der Waals surface area (Å²) in [6.07, 6.45) is -1.20. The second-order valence-electron chi connectivity index (χ2n) is 6.66. The minimum atomic E-state index is -3.90. The average Bonchev–Trinajstić information content (AvgIpc) is 2.65. The topological polar surface area (TPSA) is 102 Å². The molecular formula is C20H23FN2O5S. The highest BCUT2D eigenvalue weighted by Gasteiger charge is 2.21. The monoisotopic (exact) mass is 422 g/mol. The zero-order chi connectivity index (χ0) is 21.8. The van der Waals surface area contributed by atoms with Crippen molar-refractivity contribution in [2.75, 3.05) is 11.9 Å². The van der Waals surface area contributed by atoms with Crippen LogP contribution in [-0.2, 0) is 24.3 Å². The number of amides is 1. The summed E-state index contributed by atoms with van der Waals surface area (Å²) >= 11 is 0. The molecular weight excluding hydrogens is 399 g/mol. The predicted molar refractivity (Wildman–Crippen MR) is 106 cm³/mol. The van der Waals surface area contributed by atoms with E-state index in [0.717, 1.165) is 17.2 Å². The van der Waals surface area contributed by atoms with Crippen LogP contribution in [0.25, 0.3) is 0 Å². The summed E-state index contributed by atoms with van der Waals surface area (Å²) < 4.78 is 45.2. The molecule has 0 spiro atoms. The maximum atomic E-state index is 13.5. The molecule has 0 bridgehead atoms. The van der Waals surface area contributed by atoms with E-state index in [2.05, 4.69) is 10.0 Å². The molecule has 2 N–H and O–H groups in total. The van der Waals surface area contributed by atoms with E-state index in [4.69, 9.17) is 4.74 Å². The van der Waals surface area contributed by atoms with Crippen molar-refractivity contribution in [3.05, 3.63) is 58.9 Å². The number of anilines is 1. The lowest BCUT2D eigenvalue weighted by molar-refractivity contribution is -0.151. The van der Waals surface area contributed by atoms with E-state index in [-0.39, 0.29) is 10.6 Å². The predicted octanol–water partition coefficient (Wildman–Crippen LogP) is 2.60. The largest absolute Gasteiger partial charge is 0.452 e.